The minimum Gasteiger partial charge on any atom is -0.505 e. The molecule has 0 bridgehead atoms. The van der Waals surface area contributed by atoms with Crippen molar-refractivity contribution in [2.24, 2.45) is 5.73 Å². The number of nitrogens with two attached hydrogens (primary N) is 2. The van der Waals surface area contributed by atoms with Crippen molar-refractivity contribution in [1.82, 2.24) is 0 Å². The summed E-state index contributed by atoms with van der Waals surface area (Å²) >= 11 is 3.12. The van der Waals surface area contributed by atoms with Crippen molar-refractivity contribution in [3.8, 4) is 5.75 Å². The van der Waals surface area contributed by atoms with Crippen molar-refractivity contribution in [1.29, 1.82) is 0 Å². The number of rotatable bonds is 4. The first-order valence-corrected chi connectivity index (χ1v) is 6.02. The molecule has 0 aliphatic carbocycles. The summed E-state index contributed by atoms with van der Waals surface area (Å²) in [5, 5.41) is 9.76. The summed E-state index contributed by atoms with van der Waals surface area (Å²) < 4.78 is 18.7. The molecule has 0 heterocycles. The third kappa shape index (κ3) is 3.95. The van der Waals surface area contributed by atoms with Gasteiger partial charge >= 0.3 is 5.97 Å². The van der Waals surface area contributed by atoms with Crippen LogP contribution in [0.25, 0.3) is 0 Å². The van der Waals surface area contributed by atoms with Gasteiger partial charge in [0.25, 0.3) is 0 Å². The third-order valence-electron chi connectivity index (χ3n) is 2.36. The van der Waals surface area contributed by atoms with E-state index in [0.29, 0.717) is 4.47 Å². The largest absolute Gasteiger partial charge is 0.505 e. The van der Waals surface area contributed by atoms with Crippen LogP contribution >= 0.6 is 28.3 Å². The highest BCUT2D eigenvalue weighted by atomic mass is 79.9. The van der Waals surface area contributed by atoms with Gasteiger partial charge in [0.1, 0.15) is 5.75 Å². The highest BCUT2D eigenvalue weighted by Crippen LogP contribution is 2.37. The van der Waals surface area contributed by atoms with Crippen LogP contribution in [0.3, 0.4) is 0 Å². The Morgan fingerprint density at radius 3 is 2.68 bits per heavy atom. The van der Waals surface area contributed by atoms with Gasteiger partial charge in [-0.1, -0.05) is 15.9 Å². The highest BCUT2D eigenvalue weighted by Gasteiger charge is 2.31. The van der Waals surface area contributed by atoms with E-state index in [0.717, 1.165) is 0 Å². The molecular formula is C11H15BrClFN2O3. The first-order valence-electron chi connectivity index (χ1n) is 5.23. The lowest BCUT2D eigenvalue weighted by Gasteiger charge is -2.19. The normalized spacial score (nSPS) is 13.3. The number of aromatic hydroxyl groups is 1. The van der Waals surface area contributed by atoms with Gasteiger partial charge in [0.2, 0.25) is 6.17 Å². The Bertz CT molecular complexity index is 462. The second kappa shape index (κ2) is 7.52. The summed E-state index contributed by atoms with van der Waals surface area (Å²) in [5.41, 5.74) is 11.2. The van der Waals surface area contributed by atoms with E-state index in [1.807, 2.05) is 0 Å². The lowest BCUT2D eigenvalue weighted by atomic mass is 10.0. The molecule has 1 aromatic carbocycles. The summed E-state index contributed by atoms with van der Waals surface area (Å²) in [6.07, 6.45) is -2.08. The van der Waals surface area contributed by atoms with E-state index in [-0.39, 0.29) is 36.0 Å². The molecule has 0 amide bonds. The van der Waals surface area contributed by atoms with E-state index in [2.05, 4.69) is 20.7 Å². The summed E-state index contributed by atoms with van der Waals surface area (Å²) in [5.74, 6) is -1.41. The summed E-state index contributed by atoms with van der Waals surface area (Å²) in [4.78, 5) is 11.3. The number of phenols is 1. The van der Waals surface area contributed by atoms with Gasteiger partial charge < -0.3 is 21.3 Å². The monoisotopic (exact) mass is 356 g/mol. The van der Waals surface area contributed by atoms with Gasteiger partial charge in [-0.15, -0.1) is 12.4 Å². The first kappa shape index (κ1) is 17.9. The number of nitrogen functional groups attached to an aromatic ring is 1. The molecule has 1 unspecified atom stereocenters. The van der Waals surface area contributed by atoms with Gasteiger partial charge in [0.05, 0.1) is 18.3 Å². The zero-order valence-corrected chi connectivity index (χ0v) is 12.5. The number of hydrogen-bond acceptors (Lipinski definition) is 5. The van der Waals surface area contributed by atoms with Crippen molar-refractivity contribution in [3.63, 3.8) is 0 Å². The van der Waals surface area contributed by atoms with Crippen LogP contribution in [0.1, 0.15) is 18.5 Å². The third-order valence-corrected chi connectivity index (χ3v) is 3.05. The van der Waals surface area contributed by atoms with Crippen molar-refractivity contribution in [3.05, 3.63) is 22.2 Å². The fourth-order valence-electron chi connectivity index (χ4n) is 1.43. The Kier molecular flexibility index (Phi) is 7.10. The van der Waals surface area contributed by atoms with E-state index in [1.165, 1.54) is 12.1 Å². The molecule has 19 heavy (non-hydrogen) atoms. The number of carbonyl (C=O) groups excluding carboxylic acids is 1. The molecule has 0 saturated carbocycles. The molecule has 0 aliphatic rings. The predicted octanol–water partition coefficient (Wildman–Crippen LogP) is 2.06. The minimum atomic E-state index is -2.08. The second-order valence-corrected chi connectivity index (χ2v) is 4.43. The van der Waals surface area contributed by atoms with Crippen molar-refractivity contribution in [2.75, 3.05) is 12.3 Å². The molecule has 8 heteroatoms. The van der Waals surface area contributed by atoms with Crippen molar-refractivity contribution in [2.45, 2.75) is 19.1 Å². The number of hydrogen-bond donors (Lipinski definition) is 3. The van der Waals surface area contributed by atoms with E-state index >= 15 is 0 Å². The molecule has 2 atom stereocenters. The zero-order valence-electron chi connectivity index (χ0n) is 10.1. The maximum absolute atomic E-state index is 13.8. The van der Waals surface area contributed by atoms with Gasteiger partial charge in [-0.25, -0.2) is 9.18 Å². The van der Waals surface area contributed by atoms with Crippen molar-refractivity contribution < 1.29 is 19.0 Å². The Morgan fingerprint density at radius 1 is 1.58 bits per heavy atom. The van der Waals surface area contributed by atoms with E-state index in [1.54, 1.807) is 6.92 Å². The minimum absolute atomic E-state index is 0. The van der Waals surface area contributed by atoms with Crippen molar-refractivity contribution >= 4 is 40.0 Å². The average molecular weight is 358 g/mol. The predicted molar refractivity (Wildman–Crippen MR) is 75.9 cm³/mol. The van der Waals surface area contributed by atoms with E-state index in [4.69, 9.17) is 11.5 Å². The molecule has 0 saturated heterocycles. The molecule has 0 aromatic heterocycles. The smallest absolute Gasteiger partial charge is 0.342 e. The van der Waals surface area contributed by atoms with Crippen LogP contribution in [0.15, 0.2) is 16.6 Å². The molecule has 0 fully saturated rings. The molecule has 1 aromatic rings. The summed E-state index contributed by atoms with van der Waals surface area (Å²) in [6, 6.07) is 1.59. The van der Waals surface area contributed by atoms with Crippen LogP contribution in [-0.2, 0) is 9.53 Å². The molecule has 5 nitrogen and oxygen atoms in total. The fourth-order valence-corrected chi connectivity index (χ4v) is 2.02. The molecule has 0 spiro atoms. The molecule has 1 rings (SSSR count). The molecule has 0 radical (unpaired) electrons. The Balaban J connectivity index is 0.00000324. The lowest BCUT2D eigenvalue weighted by Crippen LogP contribution is -2.32. The zero-order chi connectivity index (χ0) is 13.9. The summed E-state index contributed by atoms with van der Waals surface area (Å²) in [6.45, 7) is 1.61. The van der Waals surface area contributed by atoms with Crippen LogP contribution < -0.4 is 11.5 Å². The van der Waals surface area contributed by atoms with Crippen LogP contribution in [0.5, 0.6) is 5.75 Å². The fraction of sp³-hybridized carbons (Fsp3) is 0.364. The molecule has 0 aliphatic heterocycles. The first-order chi connectivity index (χ1) is 8.40. The number of anilines is 1. The van der Waals surface area contributed by atoms with Gasteiger partial charge in [-0.05, 0) is 19.1 Å². The SMILES string of the molecule is CCOC(=O)C(F)[C@H](N)c1c(Br)ccc(N)c1O.Cl. The molecule has 5 N–H and O–H groups in total. The number of alkyl halides is 1. The number of ether oxygens (including phenoxy) is 1. The quantitative estimate of drug-likeness (QED) is 0.435. The summed E-state index contributed by atoms with van der Waals surface area (Å²) in [7, 11) is 0. The van der Waals surface area contributed by atoms with E-state index in [9.17, 15) is 14.3 Å². The second-order valence-electron chi connectivity index (χ2n) is 3.58. The highest BCUT2D eigenvalue weighted by molar-refractivity contribution is 9.10. The number of benzene rings is 1. The van der Waals surface area contributed by atoms with Gasteiger partial charge in [0, 0.05) is 10.0 Å². The number of carbonyl (C=O) groups is 1. The number of halogens is 3. The van der Waals surface area contributed by atoms with Crippen LogP contribution in [0.2, 0.25) is 0 Å². The maximum atomic E-state index is 13.8. The topological polar surface area (TPSA) is 98.6 Å². The number of phenolic OH excluding ortho intramolecular Hbond substituents is 1. The molecular weight excluding hydrogens is 342 g/mol. The maximum Gasteiger partial charge on any atom is 0.342 e. The van der Waals surface area contributed by atoms with Gasteiger partial charge in [0.15, 0.2) is 0 Å². The number of esters is 1. The molecule has 108 valence electrons. The van der Waals surface area contributed by atoms with Crippen LogP contribution in [-0.4, -0.2) is 23.9 Å². The van der Waals surface area contributed by atoms with E-state index < -0.39 is 18.2 Å². The lowest BCUT2D eigenvalue weighted by molar-refractivity contribution is -0.149. The van der Waals surface area contributed by atoms with Gasteiger partial charge in [-0.3, -0.25) is 0 Å². The average Bonchev–Trinajstić information content (AvgIpc) is 2.33. The van der Waals surface area contributed by atoms with Gasteiger partial charge in [-0.2, -0.15) is 0 Å². The Morgan fingerprint density at radius 2 is 2.16 bits per heavy atom. The van der Waals surface area contributed by atoms with Crippen LogP contribution in [0.4, 0.5) is 10.1 Å². The Hall–Kier alpha value is -1.05. The Labute approximate surface area is 124 Å². The standard InChI is InChI=1S/C11H14BrFN2O3.ClH/c1-2-18-11(17)8(13)9(15)7-5(12)3-4-6(14)10(7)16;/h3-4,8-9,16H,2,14-15H2,1H3;1H/t8?,9-;/m1./s1. The van der Waals surface area contributed by atoms with Crippen LogP contribution in [0, 0.1) is 0 Å².